The lowest BCUT2D eigenvalue weighted by Crippen LogP contribution is -2.10. The van der Waals surface area contributed by atoms with Crippen molar-refractivity contribution < 1.29 is 4.74 Å². The molecule has 3 nitrogen and oxygen atoms in total. The molecule has 0 heterocycles. The molecule has 0 aliphatic rings. The highest BCUT2D eigenvalue weighted by molar-refractivity contribution is 7.80. The summed E-state index contributed by atoms with van der Waals surface area (Å²) >= 11 is 4.54. The minimum absolute atomic E-state index is 0.0657. The predicted molar refractivity (Wildman–Crippen MR) is 42.1 cm³/mol. The molecule has 4 heteroatoms. The molecule has 10 heavy (non-hydrogen) atoms. The Balaban J connectivity index is 4.09. The van der Waals surface area contributed by atoms with Crippen LogP contribution in [0.4, 0.5) is 0 Å². The highest BCUT2D eigenvalue weighted by Crippen LogP contribution is 1.92. The van der Waals surface area contributed by atoms with Crippen molar-refractivity contribution in [2.75, 3.05) is 6.61 Å². The molecule has 2 N–H and O–H groups in total. The fourth-order valence-electron chi connectivity index (χ4n) is 0.306. The molecule has 0 atom stereocenters. The summed E-state index contributed by atoms with van der Waals surface area (Å²) in [6.07, 6.45) is 1.27. The van der Waals surface area contributed by atoms with E-state index in [1.54, 1.807) is 6.07 Å². The molecule has 0 aromatic rings. The van der Waals surface area contributed by atoms with Gasteiger partial charge in [-0.1, -0.05) is 12.2 Å². The molecule has 0 bridgehead atoms. The number of hydrogen-bond acceptors (Lipinski definition) is 3. The molecule has 0 saturated carbocycles. The molecule has 0 aromatic carbocycles. The van der Waals surface area contributed by atoms with Crippen molar-refractivity contribution in [1.82, 2.24) is 0 Å². The summed E-state index contributed by atoms with van der Waals surface area (Å²) in [7, 11) is 0. The molecule has 0 aliphatic carbocycles. The summed E-state index contributed by atoms with van der Waals surface area (Å²) < 4.78 is 4.80. The summed E-state index contributed by atoms with van der Waals surface area (Å²) in [4.78, 5) is 0.0657. The quantitative estimate of drug-likeness (QED) is 0.283. The van der Waals surface area contributed by atoms with Gasteiger partial charge in [0.25, 0.3) is 0 Å². The Kier molecular flexibility index (Phi) is 4.25. The predicted octanol–water partition coefficient (Wildman–Crippen LogP) is 0.716. The second kappa shape index (κ2) is 4.77. The SMILES string of the molecule is CCOC=C(C#N)C(N)=S. The van der Waals surface area contributed by atoms with Crippen molar-refractivity contribution in [1.29, 1.82) is 5.26 Å². The number of nitriles is 1. The van der Waals surface area contributed by atoms with Crippen LogP contribution in [0, 0.1) is 11.3 Å². The normalized spacial score (nSPS) is 10.2. The van der Waals surface area contributed by atoms with Crippen LogP contribution >= 0.6 is 12.2 Å². The van der Waals surface area contributed by atoms with Crippen molar-refractivity contribution >= 4 is 17.2 Å². The largest absolute Gasteiger partial charge is 0.500 e. The molecule has 0 saturated heterocycles. The molecule has 0 aromatic heterocycles. The van der Waals surface area contributed by atoms with E-state index < -0.39 is 0 Å². The standard InChI is InChI=1S/C6H8N2OS/c1-2-9-4-5(3-7)6(8)10/h4H,2H2,1H3,(H2,8,10). The number of rotatable bonds is 3. The van der Waals surface area contributed by atoms with Gasteiger partial charge in [0.2, 0.25) is 0 Å². The lowest BCUT2D eigenvalue weighted by atomic mass is 10.3. The highest BCUT2D eigenvalue weighted by Gasteiger charge is 1.96. The van der Waals surface area contributed by atoms with Gasteiger partial charge in [-0.15, -0.1) is 0 Å². The van der Waals surface area contributed by atoms with Crippen molar-refractivity contribution in [3.63, 3.8) is 0 Å². The summed E-state index contributed by atoms with van der Waals surface area (Å²) in [6, 6.07) is 1.81. The molecule has 0 fully saturated rings. The molecule has 0 aliphatic heterocycles. The van der Waals surface area contributed by atoms with Gasteiger partial charge in [-0.25, -0.2) is 0 Å². The average Bonchev–Trinajstić information content (AvgIpc) is 1.89. The van der Waals surface area contributed by atoms with Gasteiger partial charge >= 0.3 is 0 Å². The second-order valence-corrected chi connectivity index (χ2v) is 1.90. The van der Waals surface area contributed by atoms with Crippen LogP contribution in [0.3, 0.4) is 0 Å². The molecule has 54 valence electrons. The maximum absolute atomic E-state index is 8.36. The minimum Gasteiger partial charge on any atom is -0.500 e. The fraction of sp³-hybridized carbons (Fsp3) is 0.333. The molecule has 0 unspecified atom stereocenters. The number of nitrogens with two attached hydrogens (primary N) is 1. The van der Waals surface area contributed by atoms with E-state index in [2.05, 4.69) is 12.2 Å². The van der Waals surface area contributed by atoms with Gasteiger partial charge in [0.15, 0.2) is 0 Å². The van der Waals surface area contributed by atoms with Crippen molar-refractivity contribution in [2.45, 2.75) is 6.92 Å². The van der Waals surface area contributed by atoms with Gasteiger partial charge in [0.05, 0.1) is 6.61 Å². The van der Waals surface area contributed by atoms with E-state index in [-0.39, 0.29) is 10.6 Å². The summed E-state index contributed by atoms with van der Waals surface area (Å²) in [5.74, 6) is 0. The maximum Gasteiger partial charge on any atom is 0.121 e. The first-order chi connectivity index (χ1) is 4.72. The zero-order chi connectivity index (χ0) is 7.98. The van der Waals surface area contributed by atoms with E-state index in [0.29, 0.717) is 6.61 Å². The van der Waals surface area contributed by atoms with Crippen LogP contribution in [0.2, 0.25) is 0 Å². The van der Waals surface area contributed by atoms with Gasteiger partial charge in [-0.2, -0.15) is 5.26 Å². The average molecular weight is 156 g/mol. The molecule has 0 spiro atoms. The van der Waals surface area contributed by atoms with Crippen LogP contribution in [0.15, 0.2) is 11.8 Å². The third-order valence-electron chi connectivity index (χ3n) is 0.754. The maximum atomic E-state index is 8.36. The highest BCUT2D eigenvalue weighted by atomic mass is 32.1. The number of ether oxygens (including phenoxy) is 1. The van der Waals surface area contributed by atoms with E-state index in [4.69, 9.17) is 15.7 Å². The van der Waals surface area contributed by atoms with Gasteiger partial charge in [-0.05, 0) is 6.92 Å². The van der Waals surface area contributed by atoms with E-state index in [1.807, 2.05) is 6.92 Å². The fourth-order valence-corrected chi connectivity index (χ4v) is 0.400. The van der Waals surface area contributed by atoms with Crippen LogP contribution in [0.1, 0.15) is 6.92 Å². The Morgan fingerprint density at radius 3 is 2.80 bits per heavy atom. The van der Waals surface area contributed by atoms with E-state index >= 15 is 0 Å². The number of nitrogens with zero attached hydrogens (tertiary/aromatic N) is 1. The second-order valence-electron chi connectivity index (χ2n) is 1.46. The third kappa shape index (κ3) is 3.05. The first-order valence-electron chi connectivity index (χ1n) is 2.74. The van der Waals surface area contributed by atoms with Crippen LogP contribution < -0.4 is 5.73 Å². The van der Waals surface area contributed by atoms with Crippen molar-refractivity contribution in [3.05, 3.63) is 11.8 Å². The topological polar surface area (TPSA) is 59.0 Å². The minimum atomic E-state index is 0.0657. The Morgan fingerprint density at radius 1 is 1.90 bits per heavy atom. The van der Waals surface area contributed by atoms with E-state index in [9.17, 15) is 0 Å². The smallest absolute Gasteiger partial charge is 0.121 e. The zero-order valence-corrected chi connectivity index (χ0v) is 6.44. The molecular formula is C6H8N2OS. The molecule has 0 rings (SSSR count). The lowest BCUT2D eigenvalue weighted by Gasteiger charge is -1.94. The third-order valence-corrected chi connectivity index (χ3v) is 0.974. The van der Waals surface area contributed by atoms with Crippen LogP contribution in [-0.4, -0.2) is 11.6 Å². The summed E-state index contributed by atoms with van der Waals surface area (Å²) in [5, 5.41) is 8.36. The van der Waals surface area contributed by atoms with Gasteiger partial charge in [-0.3, -0.25) is 0 Å². The number of thiocarbonyl (C=S) groups is 1. The summed E-state index contributed by atoms with van der Waals surface area (Å²) in [5.41, 5.74) is 5.35. The van der Waals surface area contributed by atoms with Gasteiger partial charge in [0, 0.05) is 0 Å². The first kappa shape index (κ1) is 8.92. The first-order valence-corrected chi connectivity index (χ1v) is 3.14. The summed E-state index contributed by atoms with van der Waals surface area (Å²) in [6.45, 7) is 2.32. The van der Waals surface area contributed by atoms with E-state index in [0.717, 1.165) is 0 Å². The van der Waals surface area contributed by atoms with Crippen LogP contribution in [0.25, 0.3) is 0 Å². The molecular weight excluding hydrogens is 148 g/mol. The van der Waals surface area contributed by atoms with Gasteiger partial charge < -0.3 is 10.5 Å². The molecule has 0 radical (unpaired) electrons. The van der Waals surface area contributed by atoms with Crippen LogP contribution in [-0.2, 0) is 4.74 Å². The Bertz CT molecular complexity index is 192. The van der Waals surface area contributed by atoms with E-state index in [1.165, 1.54) is 6.26 Å². The number of hydrogen-bond donors (Lipinski definition) is 1. The monoisotopic (exact) mass is 156 g/mol. The molecule has 0 amide bonds. The zero-order valence-electron chi connectivity index (χ0n) is 5.63. The van der Waals surface area contributed by atoms with Crippen LogP contribution in [0.5, 0.6) is 0 Å². The Hall–Kier alpha value is -1.08. The lowest BCUT2D eigenvalue weighted by molar-refractivity contribution is 0.268. The Morgan fingerprint density at radius 2 is 2.50 bits per heavy atom. The van der Waals surface area contributed by atoms with Crippen molar-refractivity contribution in [2.24, 2.45) is 5.73 Å². The van der Waals surface area contributed by atoms with Gasteiger partial charge in [0.1, 0.15) is 22.9 Å². The van der Waals surface area contributed by atoms with Crippen molar-refractivity contribution in [3.8, 4) is 6.07 Å². The Labute approximate surface area is 65.1 Å².